The van der Waals surface area contributed by atoms with Gasteiger partial charge in [-0.25, -0.2) is 0 Å². The molecule has 0 saturated heterocycles. The number of carbonyl (C=O) groups is 1. The highest BCUT2D eigenvalue weighted by Gasteiger charge is 1.99. The summed E-state index contributed by atoms with van der Waals surface area (Å²) < 4.78 is 0. The van der Waals surface area contributed by atoms with Gasteiger partial charge in [0, 0.05) is 13.0 Å². The fraction of sp³-hybridized carbons (Fsp3) is 0.700. The summed E-state index contributed by atoms with van der Waals surface area (Å²) in [5, 5.41) is 21.3. The van der Waals surface area contributed by atoms with Gasteiger partial charge >= 0.3 is 5.97 Å². The molecule has 0 aromatic carbocycles. The Morgan fingerprint density at radius 2 is 2.06 bits per heavy atom. The Hall–Kier alpha value is -1.17. The zero-order valence-corrected chi connectivity index (χ0v) is 10.2. The van der Waals surface area contributed by atoms with Gasteiger partial charge in [-0.1, -0.05) is 24.2 Å². The third-order valence-electron chi connectivity index (χ3n) is 2.12. The Labute approximate surface area is 98.9 Å². The topological polar surface area (TPSA) is 75.1 Å². The largest absolute Gasteiger partial charge is 0.481 e. The first kappa shape index (κ1) is 12.9. The first-order valence-corrected chi connectivity index (χ1v) is 6.26. The van der Waals surface area contributed by atoms with Crippen molar-refractivity contribution in [1.29, 1.82) is 0 Å². The number of anilines is 1. The quantitative estimate of drug-likeness (QED) is 0.685. The number of hydrogen-bond acceptors (Lipinski definition) is 5. The van der Waals surface area contributed by atoms with E-state index in [1.54, 1.807) is 11.3 Å². The van der Waals surface area contributed by atoms with Gasteiger partial charge in [-0.3, -0.25) is 4.79 Å². The highest BCUT2D eigenvalue weighted by atomic mass is 32.1. The zero-order valence-electron chi connectivity index (χ0n) is 9.40. The van der Waals surface area contributed by atoms with Crippen molar-refractivity contribution in [3.63, 3.8) is 0 Å². The van der Waals surface area contributed by atoms with Crippen LogP contribution in [-0.4, -0.2) is 27.8 Å². The molecule has 6 heteroatoms. The van der Waals surface area contributed by atoms with Crippen LogP contribution in [0.15, 0.2) is 0 Å². The fourth-order valence-corrected chi connectivity index (χ4v) is 1.94. The predicted octanol–water partition coefficient (Wildman–Crippen LogP) is 2.29. The Morgan fingerprint density at radius 1 is 1.31 bits per heavy atom. The number of carboxylic acid groups (broad SMARTS) is 1. The normalized spacial score (nSPS) is 10.3. The number of aliphatic carboxylic acids is 1. The summed E-state index contributed by atoms with van der Waals surface area (Å²) in [6.45, 7) is 2.80. The predicted molar refractivity (Wildman–Crippen MR) is 63.9 cm³/mol. The lowest BCUT2D eigenvalue weighted by atomic mass is 10.1. The van der Waals surface area contributed by atoms with Crippen LogP contribution in [-0.2, 0) is 4.79 Å². The van der Waals surface area contributed by atoms with Gasteiger partial charge in [0.1, 0.15) is 5.01 Å². The molecule has 0 spiro atoms. The number of rotatable bonds is 8. The molecule has 0 aliphatic heterocycles. The lowest BCUT2D eigenvalue weighted by Gasteiger charge is -2.01. The van der Waals surface area contributed by atoms with Gasteiger partial charge in [-0.2, -0.15) is 0 Å². The van der Waals surface area contributed by atoms with E-state index in [4.69, 9.17) is 5.11 Å². The van der Waals surface area contributed by atoms with Crippen LogP contribution < -0.4 is 5.32 Å². The van der Waals surface area contributed by atoms with Gasteiger partial charge in [-0.05, 0) is 19.8 Å². The second kappa shape index (κ2) is 7.16. The SMILES string of the molecule is Cc1nnc(NCCCCCCC(=O)O)s1. The summed E-state index contributed by atoms with van der Waals surface area (Å²) in [7, 11) is 0. The van der Waals surface area contributed by atoms with Gasteiger partial charge in [0.2, 0.25) is 5.13 Å². The maximum atomic E-state index is 10.2. The van der Waals surface area contributed by atoms with Crippen LogP contribution in [0.5, 0.6) is 0 Å². The molecular weight excluding hydrogens is 226 g/mol. The van der Waals surface area contributed by atoms with Gasteiger partial charge in [0.05, 0.1) is 0 Å². The van der Waals surface area contributed by atoms with Crippen molar-refractivity contribution in [1.82, 2.24) is 10.2 Å². The van der Waals surface area contributed by atoms with Crippen molar-refractivity contribution in [3.05, 3.63) is 5.01 Å². The zero-order chi connectivity index (χ0) is 11.8. The molecular formula is C10H17N3O2S. The molecule has 2 N–H and O–H groups in total. The minimum Gasteiger partial charge on any atom is -0.481 e. The summed E-state index contributed by atoms with van der Waals surface area (Å²) in [6, 6.07) is 0. The number of unbranched alkanes of at least 4 members (excludes halogenated alkanes) is 3. The van der Waals surface area contributed by atoms with E-state index in [1.807, 2.05) is 6.92 Å². The van der Waals surface area contributed by atoms with Crippen LogP contribution in [0.2, 0.25) is 0 Å². The Balaban J connectivity index is 1.94. The first-order chi connectivity index (χ1) is 7.68. The van der Waals surface area contributed by atoms with Crippen LogP contribution in [0.4, 0.5) is 5.13 Å². The smallest absolute Gasteiger partial charge is 0.303 e. The minimum absolute atomic E-state index is 0.281. The molecule has 1 aromatic rings. The standard InChI is InChI=1S/C10H17N3O2S/c1-8-12-13-10(16-8)11-7-5-3-2-4-6-9(14)15/h2-7H2,1H3,(H,11,13)(H,14,15). The van der Waals surface area contributed by atoms with Gasteiger partial charge in [-0.15, -0.1) is 10.2 Å². The van der Waals surface area contributed by atoms with E-state index in [9.17, 15) is 4.79 Å². The van der Waals surface area contributed by atoms with Crippen molar-refractivity contribution in [2.75, 3.05) is 11.9 Å². The van der Waals surface area contributed by atoms with E-state index in [2.05, 4.69) is 15.5 Å². The highest BCUT2D eigenvalue weighted by Crippen LogP contribution is 2.13. The third-order valence-corrected chi connectivity index (χ3v) is 2.92. The fourth-order valence-electron chi connectivity index (χ4n) is 1.32. The first-order valence-electron chi connectivity index (χ1n) is 5.44. The van der Waals surface area contributed by atoms with E-state index in [0.717, 1.165) is 42.4 Å². The molecule has 1 heterocycles. The lowest BCUT2D eigenvalue weighted by molar-refractivity contribution is -0.137. The summed E-state index contributed by atoms with van der Waals surface area (Å²) in [5.74, 6) is -0.706. The van der Waals surface area contributed by atoms with Crippen molar-refractivity contribution < 1.29 is 9.90 Å². The van der Waals surface area contributed by atoms with Crippen molar-refractivity contribution in [2.45, 2.75) is 39.0 Å². The molecule has 0 fully saturated rings. The molecule has 0 aliphatic carbocycles. The van der Waals surface area contributed by atoms with Crippen LogP contribution >= 0.6 is 11.3 Å². The van der Waals surface area contributed by atoms with Crippen molar-refractivity contribution in [2.24, 2.45) is 0 Å². The van der Waals surface area contributed by atoms with E-state index in [1.165, 1.54) is 0 Å². The molecule has 0 saturated carbocycles. The number of carboxylic acids is 1. The van der Waals surface area contributed by atoms with E-state index in [-0.39, 0.29) is 6.42 Å². The lowest BCUT2D eigenvalue weighted by Crippen LogP contribution is -2.01. The molecule has 90 valence electrons. The summed E-state index contributed by atoms with van der Waals surface area (Å²) >= 11 is 1.55. The average Bonchev–Trinajstić information content (AvgIpc) is 2.62. The summed E-state index contributed by atoms with van der Waals surface area (Å²) in [4.78, 5) is 10.2. The van der Waals surface area contributed by atoms with E-state index >= 15 is 0 Å². The second-order valence-electron chi connectivity index (χ2n) is 3.61. The van der Waals surface area contributed by atoms with Crippen LogP contribution in [0.3, 0.4) is 0 Å². The van der Waals surface area contributed by atoms with Gasteiger partial charge in [0.25, 0.3) is 0 Å². The maximum Gasteiger partial charge on any atom is 0.303 e. The Kier molecular flexibility index (Phi) is 5.77. The van der Waals surface area contributed by atoms with Gasteiger partial charge < -0.3 is 10.4 Å². The number of aromatic nitrogens is 2. The van der Waals surface area contributed by atoms with Crippen molar-refractivity contribution in [3.8, 4) is 0 Å². The van der Waals surface area contributed by atoms with Crippen LogP contribution in [0.25, 0.3) is 0 Å². The number of aryl methyl sites for hydroxylation is 1. The maximum absolute atomic E-state index is 10.2. The minimum atomic E-state index is -0.706. The summed E-state index contributed by atoms with van der Waals surface area (Å²) in [6.07, 6.45) is 4.12. The van der Waals surface area contributed by atoms with E-state index < -0.39 is 5.97 Å². The highest BCUT2D eigenvalue weighted by molar-refractivity contribution is 7.15. The molecule has 1 aromatic heterocycles. The molecule has 0 atom stereocenters. The van der Waals surface area contributed by atoms with Gasteiger partial charge in [0.15, 0.2) is 0 Å². The number of nitrogens with zero attached hydrogens (tertiary/aromatic N) is 2. The monoisotopic (exact) mass is 243 g/mol. The third kappa shape index (κ3) is 5.65. The molecule has 0 radical (unpaired) electrons. The summed E-state index contributed by atoms with van der Waals surface area (Å²) in [5.41, 5.74) is 0. The van der Waals surface area contributed by atoms with E-state index in [0.29, 0.717) is 0 Å². The Bertz CT molecular complexity index is 328. The average molecular weight is 243 g/mol. The number of nitrogens with one attached hydrogen (secondary N) is 1. The second-order valence-corrected chi connectivity index (χ2v) is 4.79. The van der Waals surface area contributed by atoms with Crippen LogP contribution in [0, 0.1) is 6.92 Å². The van der Waals surface area contributed by atoms with Crippen molar-refractivity contribution >= 4 is 22.4 Å². The number of hydrogen-bond donors (Lipinski definition) is 2. The Morgan fingerprint density at radius 3 is 2.69 bits per heavy atom. The molecule has 5 nitrogen and oxygen atoms in total. The molecule has 1 rings (SSSR count). The molecule has 16 heavy (non-hydrogen) atoms. The molecule has 0 amide bonds. The molecule has 0 aliphatic rings. The molecule has 0 bridgehead atoms. The van der Waals surface area contributed by atoms with Crippen LogP contribution in [0.1, 0.15) is 37.1 Å². The molecule has 0 unspecified atom stereocenters.